The Bertz CT molecular complexity index is 1660. The van der Waals surface area contributed by atoms with Crippen LogP contribution in [-0.2, 0) is 31.8 Å². The molecule has 226 valence electrons. The Balaban J connectivity index is 0.00000221. The van der Waals surface area contributed by atoms with Crippen LogP contribution in [0.15, 0.2) is 115 Å². The summed E-state index contributed by atoms with van der Waals surface area (Å²) in [6.45, 7) is 14.0. The second kappa shape index (κ2) is 13.8. The van der Waals surface area contributed by atoms with E-state index < -0.39 is 21.0 Å². The Morgan fingerprint density at radius 2 is 1.07 bits per heavy atom. The summed E-state index contributed by atoms with van der Waals surface area (Å²) in [7, 11) is 0. The van der Waals surface area contributed by atoms with Crippen molar-refractivity contribution in [2.24, 2.45) is 0 Å². The molecule has 2 aliphatic rings. The molecule has 2 aliphatic carbocycles. The van der Waals surface area contributed by atoms with E-state index in [0.717, 1.165) is 15.4 Å². The maximum Gasteiger partial charge on any atom is -1.00 e. The molecule has 0 heterocycles. The predicted octanol–water partition coefficient (Wildman–Crippen LogP) is 5.62. The third-order valence-corrected chi connectivity index (χ3v) is 21.9. The van der Waals surface area contributed by atoms with Gasteiger partial charge in [-0.2, -0.15) is 0 Å². The molecule has 0 radical (unpaired) electrons. The summed E-state index contributed by atoms with van der Waals surface area (Å²) in [6.07, 6.45) is 8.19. The van der Waals surface area contributed by atoms with Crippen LogP contribution < -0.4 is 24.8 Å². The van der Waals surface area contributed by atoms with Crippen LogP contribution in [0.5, 0.6) is 0 Å². The first-order chi connectivity index (χ1) is 19.9. The standard InChI is InChI=1S/C21H25.C13H8Br2.C5H5.2ClH.Hf/c1-20(2,3)16-9-7-14-11-15-8-10-17(21(4,5)6)13-19(15)18(14)12-16;14-12-5-1-10(2-6-12)9-11-3-7-13(15)8-4-11;1-2-4-5-3-1;;;/h7-13H,1-6H3;1-8H;1-3H,4H2;2*1H;/q;;;;;+2/p-2. The molecule has 0 fully saturated rings. The van der Waals surface area contributed by atoms with Gasteiger partial charge in [-0.05, 0) is 0 Å². The maximum absolute atomic E-state index is 3.70. The quantitative estimate of drug-likeness (QED) is 0.234. The van der Waals surface area contributed by atoms with Crippen LogP contribution in [0.1, 0.15) is 85.0 Å². The molecule has 0 amide bonds. The Morgan fingerprint density at radius 1 is 0.636 bits per heavy atom. The topological polar surface area (TPSA) is 0 Å². The van der Waals surface area contributed by atoms with E-state index in [0.29, 0.717) is 3.67 Å². The molecular formula is C39H38Br2Cl2Hf. The van der Waals surface area contributed by atoms with Gasteiger partial charge in [0, 0.05) is 0 Å². The van der Waals surface area contributed by atoms with Crippen molar-refractivity contribution < 1.29 is 45.8 Å². The molecule has 6 rings (SSSR count). The molecule has 0 saturated carbocycles. The second-order valence-corrected chi connectivity index (χ2v) is 24.6. The zero-order valence-corrected chi connectivity index (χ0v) is 34.4. The van der Waals surface area contributed by atoms with Crippen LogP contribution in [0.25, 0.3) is 11.1 Å². The summed E-state index contributed by atoms with van der Waals surface area (Å²) < 4.78 is 5.95. The van der Waals surface area contributed by atoms with Gasteiger partial charge in [0.2, 0.25) is 0 Å². The summed E-state index contributed by atoms with van der Waals surface area (Å²) in [5.74, 6) is 0. The molecule has 4 aromatic rings. The Labute approximate surface area is 300 Å². The van der Waals surface area contributed by atoms with Crippen LogP contribution >= 0.6 is 31.9 Å². The first kappa shape index (κ1) is 35.5. The molecule has 0 spiro atoms. The van der Waals surface area contributed by atoms with Crippen molar-refractivity contribution in [3.63, 3.8) is 0 Å². The first-order valence-corrected chi connectivity index (χ1v) is 22.1. The zero-order chi connectivity index (χ0) is 29.8. The average molecular weight is 916 g/mol. The van der Waals surface area contributed by atoms with E-state index in [1.807, 2.05) is 0 Å². The molecule has 0 N–H and O–H groups in total. The van der Waals surface area contributed by atoms with Gasteiger partial charge in [-0.3, -0.25) is 0 Å². The second-order valence-electron chi connectivity index (χ2n) is 13.7. The fourth-order valence-electron chi connectivity index (χ4n) is 6.34. The van der Waals surface area contributed by atoms with Gasteiger partial charge in [-0.1, -0.05) is 0 Å². The van der Waals surface area contributed by atoms with Crippen molar-refractivity contribution in [2.75, 3.05) is 0 Å². The van der Waals surface area contributed by atoms with Gasteiger partial charge < -0.3 is 24.8 Å². The summed E-state index contributed by atoms with van der Waals surface area (Å²) >= 11 is 4.47. The Kier molecular flexibility index (Phi) is 11.1. The molecule has 5 heteroatoms. The van der Waals surface area contributed by atoms with Crippen LogP contribution in [0.3, 0.4) is 0 Å². The van der Waals surface area contributed by atoms with E-state index in [-0.39, 0.29) is 35.6 Å². The fourth-order valence-corrected chi connectivity index (χ4v) is 20.1. The van der Waals surface area contributed by atoms with Crippen molar-refractivity contribution in [1.82, 2.24) is 0 Å². The molecule has 0 atom stereocenters. The van der Waals surface area contributed by atoms with Gasteiger partial charge >= 0.3 is 278 Å². The first-order valence-electron chi connectivity index (χ1n) is 14.8. The molecule has 0 unspecified atom stereocenters. The zero-order valence-electron chi connectivity index (χ0n) is 26.1. The average Bonchev–Trinajstić information content (AvgIpc) is 3.58. The summed E-state index contributed by atoms with van der Waals surface area (Å²) in [5.41, 5.74) is 11.7. The Hall–Kier alpha value is -1.36. The van der Waals surface area contributed by atoms with Gasteiger partial charge in [0.1, 0.15) is 0 Å². The van der Waals surface area contributed by atoms with Gasteiger partial charge in [-0.15, -0.1) is 0 Å². The minimum Gasteiger partial charge on any atom is -1.00 e. The van der Waals surface area contributed by atoms with Crippen LogP contribution in [0.2, 0.25) is 0 Å². The fraction of sp³-hybridized carbons (Fsp3) is 0.256. The van der Waals surface area contributed by atoms with E-state index in [9.17, 15) is 0 Å². The number of benzene rings is 4. The minimum absolute atomic E-state index is 0. The molecule has 0 aromatic heterocycles. The molecule has 0 bridgehead atoms. The predicted molar refractivity (Wildman–Crippen MR) is 184 cm³/mol. The number of fused-ring (bicyclic) bond motifs is 3. The van der Waals surface area contributed by atoms with E-state index in [1.165, 1.54) is 44.5 Å². The third kappa shape index (κ3) is 6.98. The van der Waals surface area contributed by atoms with Crippen molar-refractivity contribution in [3.05, 3.63) is 149 Å². The Morgan fingerprint density at radius 3 is 1.43 bits per heavy atom. The molecule has 0 saturated heterocycles. The maximum atomic E-state index is 3.70. The van der Waals surface area contributed by atoms with Crippen molar-refractivity contribution in [2.45, 2.75) is 62.5 Å². The molecule has 0 nitrogen and oxygen atoms in total. The normalized spacial score (nSPS) is 13.7. The molecule has 0 aliphatic heterocycles. The molecular weight excluding hydrogens is 878 g/mol. The van der Waals surface area contributed by atoms with E-state index >= 15 is 0 Å². The third-order valence-electron chi connectivity index (χ3n) is 8.69. The number of hydrogen-bond donors (Lipinski definition) is 0. The largest absolute Gasteiger partial charge is 1.00 e. The van der Waals surface area contributed by atoms with Crippen LogP contribution in [0, 0.1) is 0 Å². The smallest absolute Gasteiger partial charge is 1.00 e. The minimum atomic E-state index is -2.92. The van der Waals surface area contributed by atoms with Crippen molar-refractivity contribution in [3.8, 4) is 11.1 Å². The SMILES string of the molecule is CC(C)(C)c1ccc2c(c1)-c1cc(C(C)(C)C)ccc1[CH]2[Hf+2]([C]1=CC=CC1)=[C](c1ccc(Br)cc1)c1ccc(Br)cc1.[Cl-].[Cl-]. The van der Waals surface area contributed by atoms with Crippen LogP contribution in [0.4, 0.5) is 0 Å². The van der Waals surface area contributed by atoms with Gasteiger partial charge in [0.15, 0.2) is 0 Å². The number of allylic oxidation sites excluding steroid dienone is 4. The van der Waals surface area contributed by atoms with Crippen molar-refractivity contribution in [1.29, 1.82) is 0 Å². The van der Waals surface area contributed by atoms with Crippen molar-refractivity contribution >= 4 is 35.1 Å². The number of halogens is 4. The number of hydrogen-bond acceptors (Lipinski definition) is 0. The molecule has 4 aromatic carbocycles. The summed E-state index contributed by atoms with van der Waals surface area (Å²) in [6, 6.07) is 33.0. The number of rotatable bonds is 4. The van der Waals surface area contributed by atoms with Crippen LogP contribution in [-0.4, -0.2) is 3.26 Å². The van der Waals surface area contributed by atoms with Gasteiger partial charge in [0.05, 0.1) is 0 Å². The van der Waals surface area contributed by atoms with Gasteiger partial charge in [-0.25, -0.2) is 0 Å². The van der Waals surface area contributed by atoms with E-state index in [4.69, 9.17) is 0 Å². The summed E-state index contributed by atoms with van der Waals surface area (Å²) in [4.78, 5) is 0. The monoisotopic (exact) mass is 914 g/mol. The van der Waals surface area contributed by atoms with E-state index in [2.05, 4.69) is 177 Å². The van der Waals surface area contributed by atoms with Gasteiger partial charge in [0.25, 0.3) is 0 Å². The van der Waals surface area contributed by atoms with E-state index in [1.54, 1.807) is 6.58 Å². The molecule has 44 heavy (non-hydrogen) atoms. The summed E-state index contributed by atoms with van der Waals surface area (Å²) in [5, 5.41) is 0.